The molecule has 1 aliphatic heterocycles. The molecule has 0 fully saturated rings. The molecule has 3 unspecified atom stereocenters. The monoisotopic (exact) mass is 376 g/mol. The molecule has 2 aromatic carbocycles. The lowest BCUT2D eigenvalue weighted by Gasteiger charge is -2.29. The third kappa shape index (κ3) is 4.27. The van der Waals surface area contributed by atoms with Crippen LogP contribution in [0.3, 0.4) is 0 Å². The minimum atomic E-state index is 0.426. The van der Waals surface area contributed by atoms with E-state index in [9.17, 15) is 0 Å². The summed E-state index contributed by atoms with van der Waals surface area (Å²) in [5.41, 5.74) is 7.09. The van der Waals surface area contributed by atoms with Gasteiger partial charge in [-0.3, -0.25) is 0 Å². The average molecular weight is 377 g/mol. The van der Waals surface area contributed by atoms with Crippen LogP contribution in [0, 0.1) is 0 Å². The lowest BCUT2D eigenvalue weighted by molar-refractivity contribution is 0.173. The number of hydrogen-bond donors (Lipinski definition) is 0. The van der Waals surface area contributed by atoms with E-state index in [-0.39, 0.29) is 0 Å². The first-order chi connectivity index (χ1) is 13.4. The minimum absolute atomic E-state index is 0.426. The van der Waals surface area contributed by atoms with Crippen LogP contribution in [0.1, 0.15) is 76.0 Å². The van der Waals surface area contributed by atoms with Gasteiger partial charge in [-0.2, -0.15) is 0 Å². The van der Waals surface area contributed by atoms with Gasteiger partial charge in [-0.1, -0.05) is 68.4 Å². The van der Waals surface area contributed by atoms with E-state index in [4.69, 9.17) is 0 Å². The molecule has 2 nitrogen and oxygen atoms in total. The zero-order valence-electron chi connectivity index (χ0n) is 18.4. The first-order valence-electron chi connectivity index (χ1n) is 10.7. The van der Waals surface area contributed by atoms with Crippen LogP contribution >= 0.6 is 0 Å². The predicted octanol–water partition coefficient (Wildman–Crippen LogP) is 6.72. The van der Waals surface area contributed by atoms with Crippen LogP contribution in [0.4, 0.5) is 0 Å². The van der Waals surface area contributed by atoms with Crippen molar-refractivity contribution in [1.82, 2.24) is 9.80 Å². The van der Waals surface area contributed by atoms with Crippen molar-refractivity contribution in [2.45, 2.75) is 72.0 Å². The van der Waals surface area contributed by atoms with Crippen LogP contribution in [0.2, 0.25) is 0 Å². The summed E-state index contributed by atoms with van der Waals surface area (Å²) in [6.45, 7) is 12.4. The second-order valence-corrected chi connectivity index (χ2v) is 8.44. The van der Waals surface area contributed by atoms with Crippen molar-refractivity contribution < 1.29 is 0 Å². The SMILES string of the molecule is CCC(CC(C)c1ccccc1)c1ccc(CN2C(C)=C(C)N(C)C2C)cc1. The molecule has 2 heteroatoms. The highest BCUT2D eigenvalue weighted by Crippen LogP contribution is 2.33. The van der Waals surface area contributed by atoms with E-state index < -0.39 is 0 Å². The van der Waals surface area contributed by atoms with Crippen LogP contribution in [0.25, 0.3) is 0 Å². The van der Waals surface area contributed by atoms with E-state index in [2.05, 4.69) is 106 Å². The summed E-state index contributed by atoms with van der Waals surface area (Å²) in [6, 6.07) is 20.3. The third-order valence-electron chi connectivity index (χ3n) is 6.80. The smallest absolute Gasteiger partial charge is 0.0982 e. The van der Waals surface area contributed by atoms with Gasteiger partial charge in [0.05, 0.1) is 6.17 Å². The summed E-state index contributed by atoms with van der Waals surface area (Å²) in [5.74, 6) is 1.20. The van der Waals surface area contributed by atoms with E-state index in [1.54, 1.807) is 0 Å². The van der Waals surface area contributed by atoms with Crippen molar-refractivity contribution >= 4 is 0 Å². The third-order valence-corrected chi connectivity index (χ3v) is 6.80. The lowest BCUT2D eigenvalue weighted by Crippen LogP contribution is -2.35. The summed E-state index contributed by atoms with van der Waals surface area (Å²) in [5, 5.41) is 0. The Kier molecular flexibility index (Phi) is 6.49. The van der Waals surface area contributed by atoms with Gasteiger partial charge in [-0.15, -0.1) is 0 Å². The molecule has 3 rings (SSSR count). The second kappa shape index (κ2) is 8.86. The summed E-state index contributed by atoms with van der Waals surface area (Å²) < 4.78 is 0. The highest BCUT2D eigenvalue weighted by Gasteiger charge is 2.27. The number of rotatable bonds is 7. The fourth-order valence-corrected chi connectivity index (χ4v) is 4.46. The predicted molar refractivity (Wildman–Crippen MR) is 120 cm³/mol. The Hall–Kier alpha value is -2.22. The van der Waals surface area contributed by atoms with E-state index in [1.807, 2.05) is 0 Å². The van der Waals surface area contributed by atoms with Crippen molar-refractivity contribution in [2.24, 2.45) is 0 Å². The van der Waals surface area contributed by atoms with Crippen LogP contribution in [-0.2, 0) is 6.54 Å². The average Bonchev–Trinajstić information content (AvgIpc) is 2.91. The summed E-state index contributed by atoms with van der Waals surface area (Å²) in [6.07, 6.45) is 2.81. The zero-order chi connectivity index (χ0) is 20.3. The van der Waals surface area contributed by atoms with E-state index in [0.29, 0.717) is 18.0 Å². The fourth-order valence-electron chi connectivity index (χ4n) is 4.46. The maximum atomic E-state index is 2.50. The number of hydrogen-bond acceptors (Lipinski definition) is 2. The van der Waals surface area contributed by atoms with Crippen LogP contribution in [0.15, 0.2) is 66.0 Å². The van der Waals surface area contributed by atoms with Crippen molar-refractivity contribution in [3.05, 3.63) is 82.7 Å². The molecular formula is C26H36N2. The van der Waals surface area contributed by atoms with E-state index in [1.165, 1.54) is 40.9 Å². The van der Waals surface area contributed by atoms with Gasteiger partial charge >= 0.3 is 0 Å². The van der Waals surface area contributed by atoms with Gasteiger partial charge in [0.2, 0.25) is 0 Å². The highest BCUT2D eigenvalue weighted by molar-refractivity contribution is 5.28. The van der Waals surface area contributed by atoms with Gasteiger partial charge in [0.25, 0.3) is 0 Å². The molecule has 0 radical (unpaired) electrons. The molecular weight excluding hydrogens is 340 g/mol. The topological polar surface area (TPSA) is 6.48 Å². The molecule has 0 amide bonds. The van der Waals surface area contributed by atoms with Crippen molar-refractivity contribution in [3.8, 4) is 0 Å². The Morgan fingerprint density at radius 2 is 1.54 bits per heavy atom. The molecule has 0 saturated carbocycles. The Bertz CT molecular complexity index is 791. The standard InChI is InChI=1S/C26H36N2/c1-7-24(17-19(2)25-11-9-8-10-12-25)26-15-13-23(14-16-26)18-28-21(4)20(3)27(6)22(28)5/h8-16,19,22,24H,7,17-18H2,1-6H3. The fraction of sp³-hybridized carbons (Fsp3) is 0.462. The molecule has 0 bridgehead atoms. The molecule has 150 valence electrons. The van der Waals surface area contributed by atoms with Gasteiger partial charge < -0.3 is 9.80 Å². The zero-order valence-corrected chi connectivity index (χ0v) is 18.4. The summed E-state index contributed by atoms with van der Waals surface area (Å²) in [7, 11) is 2.19. The van der Waals surface area contributed by atoms with Crippen LogP contribution < -0.4 is 0 Å². The molecule has 0 saturated heterocycles. The van der Waals surface area contributed by atoms with Gasteiger partial charge in [-0.25, -0.2) is 0 Å². The quantitative estimate of drug-likeness (QED) is 0.529. The molecule has 0 N–H and O–H groups in total. The van der Waals surface area contributed by atoms with Gasteiger partial charge in [0, 0.05) is 25.0 Å². The molecule has 1 heterocycles. The molecule has 0 aliphatic carbocycles. The van der Waals surface area contributed by atoms with Crippen molar-refractivity contribution in [3.63, 3.8) is 0 Å². The van der Waals surface area contributed by atoms with Gasteiger partial charge in [0.15, 0.2) is 0 Å². The minimum Gasteiger partial charge on any atom is -0.357 e. The Labute approximate surface area is 171 Å². The van der Waals surface area contributed by atoms with E-state index in [0.717, 1.165) is 6.54 Å². The lowest BCUT2D eigenvalue weighted by atomic mass is 9.84. The Morgan fingerprint density at radius 3 is 2.07 bits per heavy atom. The first-order valence-corrected chi connectivity index (χ1v) is 10.7. The molecule has 2 aromatic rings. The number of benzene rings is 2. The first kappa shape index (κ1) is 20.5. The Balaban J connectivity index is 1.67. The maximum absolute atomic E-state index is 2.50. The molecule has 3 atom stereocenters. The largest absolute Gasteiger partial charge is 0.357 e. The molecule has 28 heavy (non-hydrogen) atoms. The number of allylic oxidation sites excluding steroid dienone is 2. The second-order valence-electron chi connectivity index (χ2n) is 8.44. The molecule has 0 aromatic heterocycles. The van der Waals surface area contributed by atoms with Crippen LogP contribution in [-0.4, -0.2) is 23.0 Å². The van der Waals surface area contributed by atoms with E-state index >= 15 is 0 Å². The van der Waals surface area contributed by atoms with Crippen molar-refractivity contribution in [1.29, 1.82) is 0 Å². The van der Waals surface area contributed by atoms with Gasteiger partial charge in [0.1, 0.15) is 0 Å². The Morgan fingerprint density at radius 1 is 0.893 bits per heavy atom. The highest BCUT2D eigenvalue weighted by atomic mass is 15.4. The maximum Gasteiger partial charge on any atom is 0.0982 e. The normalized spacial score (nSPS) is 19.3. The molecule has 0 spiro atoms. The van der Waals surface area contributed by atoms with Crippen LogP contribution in [0.5, 0.6) is 0 Å². The summed E-state index contributed by atoms with van der Waals surface area (Å²) in [4.78, 5) is 4.86. The van der Waals surface area contributed by atoms with Gasteiger partial charge in [-0.05, 0) is 62.1 Å². The molecule has 1 aliphatic rings. The summed E-state index contributed by atoms with van der Waals surface area (Å²) >= 11 is 0. The number of nitrogens with zero attached hydrogens (tertiary/aromatic N) is 2. The van der Waals surface area contributed by atoms with Crippen molar-refractivity contribution in [2.75, 3.05) is 7.05 Å².